The number of amides is 2. The minimum absolute atomic E-state index is 0.0835. The van der Waals surface area contributed by atoms with Crippen LogP contribution >= 0.6 is 23.2 Å². The van der Waals surface area contributed by atoms with Crippen LogP contribution in [0.15, 0.2) is 18.2 Å². The van der Waals surface area contributed by atoms with Crippen LogP contribution in [0.3, 0.4) is 0 Å². The molecule has 114 valence electrons. The lowest BCUT2D eigenvalue weighted by atomic mass is 10.1. The molecule has 4 nitrogen and oxygen atoms in total. The van der Waals surface area contributed by atoms with Crippen molar-refractivity contribution in [3.05, 3.63) is 28.2 Å². The third-order valence-corrected chi connectivity index (χ3v) is 3.99. The predicted molar refractivity (Wildman–Crippen MR) is 84.6 cm³/mol. The van der Waals surface area contributed by atoms with Crippen molar-refractivity contribution in [3.63, 3.8) is 0 Å². The van der Waals surface area contributed by atoms with Gasteiger partial charge in [-0.3, -0.25) is 9.59 Å². The molecule has 1 fully saturated rings. The average Bonchev–Trinajstić information content (AvgIpc) is 3.13. The van der Waals surface area contributed by atoms with Gasteiger partial charge in [0.1, 0.15) is 0 Å². The molecule has 0 aliphatic heterocycles. The molecule has 6 heteroatoms. The van der Waals surface area contributed by atoms with Crippen LogP contribution in [0.4, 0.5) is 5.69 Å². The van der Waals surface area contributed by atoms with Gasteiger partial charge in [-0.05, 0) is 39.3 Å². The number of carbonyl (C=O) groups excluding carboxylic acids is 2. The quantitative estimate of drug-likeness (QED) is 0.892. The third-order valence-electron chi connectivity index (χ3n) is 3.17. The van der Waals surface area contributed by atoms with E-state index in [2.05, 4.69) is 10.6 Å². The summed E-state index contributed by atoms with van der Waals surface area (Å²) < 4.78 is 0. The molecule has 0 aromatic heterocycles. The zero-order valence-electron chi connectivity index (χ0n) is 12.2. The number of hydrogen-bond donors (Lipinski definition) is 2. The summed E-state index contributed by atoms with van der Waals surface area (Å²) in [6.45, 7) is 5.73. The van der Waals surface area contributed by atoms with Crippen LogP contribution in [0.5, 0.6) is 0 Å². The lowest BCUT2D eigenvalue weighted by Crippen LogP contribution is -2.42. The Morgan fingerprint density at radius 2 is 1.76 bits per heavy atom. The fraction of sp³-hybridized carbons (Fsp3) is 0.467. The van der Waals surface area contributed by atoms with Crippen molar-refractivity contribution in [2.75, 3.05) is 5.32 Å². The molecule has 0 spiro atoms. The van der Waals surface area contributed by atoms with Gasteiger partial charge in [-0.15, -0.1) is 0 Å². The van der Waals surface area contributed by atoms with E-state index in [9.17, 15) is 9.59 Å². The van der Waals surface area contributed by atoms with Crippen molar-refractivity contribution in [1.29, 1.82) is 0 Å². The molecular formula is C15H18Cl2N2O2. The van der Waals surface area contributed by atoms with Crippen LogP contribution in [-0.4, -0.2) is 17.4 Å². The molecule has 2 unspecified atom stereocenters. The summed E-state index contributed by atoms with van der Waals surface area (Å²) in [6, 6.07) is 5.04. The monoisotopic (exact) mass is 328 g/mol. The number of hydrogen-bond acceptors (Lipinski definition) is 2. The van der Waals surface area contributed by atoms with E-state index in [0.717, 1.165) is 0 Å². The van der Waals surface area contributed by atoms with Crippen molar-refractivity contribution in [2.24, 2.45) is 11.8 Å². The molecule has 2 rings (SSSR count). The first-order valence-electron chi connectivity index (χ1n) is 6.76. The maximum Gasteiger partial charge on any atom is 0.228 e. The first-order chi connectivity index (χ1) is 9.69. The molecule has 0 bridgehead atoms. The Balaban J connectivity index is 1.95. The normalized spacial score (nSPS) is 20.8. The Hall–Kier alpha value is -1.26. The largest absolute Gasteiger partial charge is 0.351 e. The molecule has 2 N–H and O–H groups in total. The van der Waals surface area contributed by atoms with Crippen molar-refractivity contribution in [3.8, 4) is 0 Å². The second-order valence-corrected chi connectivity index (χ2v) is 7.06. The Morgan fingerprint density at radius 3 is 2.38 bits per heavy atom. The van der Waals surface area contributed by atoms with Crippen LogP contribution in [-0.2, 0) is 9.59 Å². The van der Waals surface area contributed by atoms with Crippen LogP contribution in [0.25, 0.3) is 0 Å². The van der Waals surface area contributed by atoms with Gasteiger partial charge in [-0.2, -0.15) is 0 Å². The first-order valence-corrected chi connectivity index (χ1v) is 7.51. The van der Waals surface area contributed by atoms with E-state index in [1.54, 1.807) is 18.2 Å². The van der Waals surface area contributed by atoms with Crippen molar-refractivity contribution in [1.82, 2.24) is 5.32 Å². The van der Waals surface area contributed by atoms with Gasteiger partial charge in [0.25, 0.3) is 0 Å². The minimum atomic E-state index is -0.303. The Bertz CT molecular complexity index is 582. The molecule has 1 aromatic rings. The molecule has 1 aliphatic carbocycles. The molecule has 1 saturated carbocycles. The summed E-state index contributed by atoms with van der Waals surface area (Å²) in [7, 11) is 0. The molecule has 0 radical (unpaired) electrons. The van der Waals surface area contributed by atoms with Gasteiger partial charge in [-0.1, -0.05) is 29.3 Å². The molecule has 21 heavy (non-hydrogen) atoms. The highest BCUT2D eigenvalue weighted by atomic mass is 35.5. The maximum atomic E-state index is 12.1. The minimum Gasteiger partial charge on any atom is -0.351 e. The summed E-state index contributed by atoms with van der Waals surface area (Å²) in [6.07, 6.45) is 0.561. The molecule has 0 heterocycles. The SMILES string of the molecule is CC(C)(C)NC(=O)C1CC1C(=O)Nc1cccc(Cl)c1Cl. The number of nitrogens with one attached hydrogen (secondary N) is 2. The molecule has 2 atom stereocenters. The third kappa shape index (κ3) is 4.11. The van der Waals surface area contributed by atoms with Crippen molar-refractivity contribution in [2.45, 2.75) is 32.7 Å². The highest BCUT2D eigenvalue weighted by Crippen LogP contribution is 2.40. The predicted octanol–water partition coefficient (Wildman–Crippen LogP) is 3.48. The van der Waals surface area contributed by atoms with E-state index in [1.807, 2.05) is 20.8 Å². The van der Waals surface area contributed by atoms with Crippen LogP contribution in [0.2, 0.25) is 10.0 Å². The van der Waals surface area contributed by atoms with Crippen molar-refractivity contribution >= 4 is 40.7 Å². The summed E-state index contributed by atoms with van der Waals surface area (Å²) in [5.74, 6) is -0.849. The Kier molecular flexibility index (Phi) is 4.49. The molecule has 0 saturated heterocycles. The first kappa shape index (κ1) is 16.1. The van der Waals surface area contributed by atoms with Gasteiger partial charge >= 0.3 is 0 Å². The fourth-order valence-electron chi connectivity index (χ4n) is 2.06. The van der Waals surface area contributed by atoms with E-state index < -0.39 is 0 Å². The van der Waals surface area contributed by atoms with E-state index in [-0.39, 0.29) is 29.2 Å². The highest BCUT2D eigenvalue weighted by Gasteiger charge is 2.48. The summed E-state index contributed by atoms with van der Waals surface area (Å²) >= 11 is 11.9. The highest BCUT2D eigenvalue weighted by molar-refractivity contribution is 6.44. The Labute approximate surface area is 134 Å². The summed E-state index contributed by atoms with van der Waals surface area (Å²) in [5, 5.41) is 6.30. The van der Waals surface area contributed by atoms with Crippen LogP contribution in [0.1, 0.15) is 27.2 Å². The summed E-state index contributed by atoms with van der Waals surface area (Å²) in [4.78, 5) is 24.1. The lowest BCUT2D eigenvalue weighted by molar-refractivity contribution is -0.126. The smallest absolute Gasteiger partial charge is 0.228 e. The lowest BCUT2D eigenvalue weighted by Gasteiger charge is -2.20. The Morgan fingerprint density at radius 1 is 1.14 bits per heavy atom. The van der Waals surface area contributed by atoms with Crippen LogP contribution in [0, 0.1) is 11.8 Å². The van der Waals surface area contributed by atoms with Crippen molar-refractivity contribution < 1.29 is 9.59 Å². The second-order valence-electron chi connectivity index (χ2n) is 6.28. The molecule has 1 aliphatic rings. The number of anilines is 1. The average molecular weight is 329 g/mol. The van der Waals surface area contributed by atoms with Crippen LogP contribution < -0.4 is 10.6 Å². The van der Waals surface area contributed by atoms with E-state index >= 15 is 0 Å². The number of carbonyl (C=O) groups is 2. The fourth-order valence-corrected chi connectivity index (χ4v) is 2.41. The van der Waals surface area contributed by atoms with Gasteiger partial charge in [0, 0.05) is 5.54 Å². The van der Waals surface area contributed by atoms with E-state index in [1.165, 1.54) is 0 Å². The molecule has 1 aromatic carbocycles. The molecular weight excluding hydrogens is 311 g/mol. The summed E-state index contributed by atoms with van der Waals surface area (Å²) in [5.41, 5.74) is 0.174. The topological polar surface area (TPSA) is 58.2 Å². The number of benzene rings is 1. The van der Waals surface area contributed by atoms with Gasteiger partial charge in [-0.25, -0.2) is 0 Å². The molecule has 2 amide bonds. The van der Waals surface area contributed by atoms with E-state index in [0.29, 0.717) is 22.2 Å². The van der Waals surface area contributed by atoms with Gasteiger partial charge < -0.3 is 10.6 Å². The maximum absolute atomic E-state index is 12.1. The van der Waals surface area contributed by atoms with E-state index in [4.69, 9.17) is 23.2 Å². The zero-order valence-corrected chi connectivity index (χ0v) is 13.7. The standard InChI is InChI=1S/C15H18Cl2N2O2/c1-15(2,3)19-14(21)9-7-8(9)13(20)18-11-6-4-5-10(16)12(11)17/h4-6,8-9H,7H2,1-3H3,(H,18,20)(H,19,21). The number of rotatable bonds is 3. The zero-order chi connectivity index (χ0) is 15.8. The van der Waals surface area contributed by atoms with Gasteiger partial charge in [0.05, 0.1) is 27.6 Å². The van der Waals surface area contributed by atoms with Gasteiger partial charge in [0.15, 0.2) is 0 Å². The van der Waals surface area contributed by atoms with Gasteiger partial charge in [0.2, 0.25) is 11.8 Å². The second kappa shape index (κ2) is 5.85. The number of halogens is 2.